The number of aliphatic hydroxyl groups excluding tert-OH is 1. The van der Waals surface area contributed by atoms with Gasteiger partial charge in [-0.25, -0.2) is 8.78 Å². The molecule has 0 aliphatic heterocycles. The van der Waals surface area contributed by atoms with Gasteiger partial charge in [0.25, 0.3) is 0 Å². The molecule has 0 saturated carbocycles. The van der Waals surface area contributed by atoms with Crippen LogP contribution in [0.2, 0.25) is 0 Å². The second-order valence-corrected chi connectivity index (χ2v) is 4.25. The Labute approximate surface area is 94.3 Å². The van der Waals surface area contributed by atoms with Crippen LogP contribution >= 0.6 is 0 Å². The molecule has 0 aromatic heterocycles. The summed E-state index contributed by atoms with van der Waals surface area (Å²) in [7, 11) is 1.67. The summed E-state index contributed by atoms with van der Waals surface area (Å²) < 4.78 is 27.4. The molecule has 1 aromatic rings. The maximum absolute atomic E-state index is 13.9. The van der Waals surface area contributed by atoms with Crippen LogP contribution in [0.4, 0.5) is 8.78 Å². The topological polar surface area (TPSA) is 32.3 Å². The van der Waals surface area contributed by atoms with E-state index in [4.69, 9.17) is 0 Å². The van der Waals surface area contributed by atoms with Crippen LogP contribution in [0.1, 0.15) is 31.1 Å². The number of rotatable bonds is 4. The summed E-state index contributed by atoms with van der Waals surface area (Å²) in [6, 6.07) is 4.22. The van der Waals surface area contributed by atoms with Crippen molar-refractivity contribution in [2.24, 2.45) is 0 Å². The summed E-state index contributed by atoms with van der Waals surface area (Å²) in [6.45, 7) is 2.81. The van der Waals surface area contributed by atoms with Gasteiger partial charge in [0.05, 0.1) is 6.10 Å². The lowest BCUT2D eigenvalue weighted by molar-refractivity contribution is 0.161. The molecule has 1 aromatic carbocycles. The molecule has 0 saturated heterocycles. The molecule has 0 aliphatic carbocycles. The van der Waals surface area contributed by atoms with E-state index in [1.807, 2.05) is 0 Å². The number of nitrogens with one attached hydrogen (secondary N) is 1. The Hall–Kier alpha value is -1.00. The van der Waals surface area contributed by atoms with Crippen LogP contribution in [0.25, 0.3) is 0 Å². The number of halogens is 2. The predicted molar refractivity (Wildman–Crippen MR) is 59.4 cm³/mol. The van der Waals surface area contributed by atoms with Crippen molar-refractivity contribution in [1.82, 2.24) is 5.32 Å². The summed E-state index contributed by atoms with van der Waals surface area (Å²) in [5.41, 5.74) is -1.59. The molecule has 2 nitrogen and oxygen atoms in total. The quantitative estimate of drug-likeness (QED) is 0.830. The first kappa shape index (κ1) is 13.1. The zero-order chi connectivity index (χ0) is 12.3. The van der Waals surface area contributed by atoms with Gasteiger partial charge in [-0.15, -0.1) is 0 Å². The van der Waals surface area contributed by atoms with Gasteiger partial charge in [0.1, 0.15) is 11.5 Å². The average molecular weight is 229 g/mol. The van der Waals surface area contributed by atoms with E-state index >= 15 is 0 Å². The van der Waals surface area contributed by atoms with Gasteiger partial charge in [0.15, 0.2) is 0 Å². The Morgan fingerprint density at radius 2 is 2.06 bits per heavy atom. The van der Waals surface area contributed by atoms with Crippen LogP contribution in [0.3, 0.4) is 0 Å². The molecule has 0 bridgehead atoms. The SMILES string of the molecule is CNCC(O)c1cccc(F)c1C(C)(C)F. The molecular formula is C12H17F2NO. The van der Waals surface area contributed by atoms with Crippen molar-refractivity contribution in [3.8, 4) is 0 Å². The van der Waals surface area contributed by atoms with Crippen molar-refractivity contribution < 1.29 is 13.9 Å². The standard InChI is InChI=1S/C12H17F2NO/c1-12(2,14)11-8(10(16)7-15-3)5-4-6-9(11)13/h4-6,10,15-16H,7H2,1-3H3. The lowest BCUT2D eigenvalue weighted by Crippen LogP contribution is -2.22. The van der Waals surface area contributed by atoms with Gasteiger partial charge in [-0.05, 0) is 32.5 Å². The molecule has 16 heavy (non-hydrogen) atoms. The number of hydrogen-bond acceptors (Lipinski definition) is 2. The highest BCUT2D eigenvalue weighted by atomic mass is 19.1. The molecule has 0 amide bonds. The molecule has 0 aliphatic rings. The minimum absolute atomic E-state index is 0.0715. The van der Waals surface area contributed by atoms with Crippen LogP contribution < -0.4 is 5.32 Å². The van der Waals surface area contributed by atoms with Crippen LogP contribution in [-0.2, 0) is 5.67 Å². The van der Waals surface area contributed by atoms with E-state index in [2.05, 4.69) is 5.32 Å². The van der Waals surface area contributed by atoms with Gasteiger partial charge in [-0.3, -0.25) is 0 Å². The highest BCUT2D eigenvalue weighted by molar-refractivity contribution is 5.34. The molecule has 0 fully saturated rings. The summed E-state index contributed by atoms with van der Waals surface area (Å²) in [4.78, 5) is 0. The third kappa shape index (κ3) is 2.77. The van der Waals surface area contributed by atoms with Crippen LogP contribution in [0.5, 0.6) is 0 Å². The van der Waals surface area contributed by atoms with Gasteiger partial charge < -0.3 is 10.4 Å². The van der Waals surface area contributed by atoms with Crippen molar-refractivity contribution in [3.05, 3.63) is 35.1 Å². The van der Waals surface area contributed by atoms with E-state index in [1.54, 1.807) is 13.1 Å². The van der Waals surface area contributed by atoms with E-state index < -0.39 is 17.6 Å². The highest BCUT2D eigenvalue weighted by Crippen LogP contribution is 2.33. The summed E-state index contributed by atoms with van der Waals surface area (Å²) in [6.07, 6.45) is -0.911. The second kappa shape index (κ2) is 4.89. The van der Waals surface area contributed by atoms with Crippen molar-refractivity contribution in [3.63, 3.8) is 0 Å². The van der Waals surface area contributed by atoms with Gasteiger partial charge in [-0.2, -0.15) is 0 Å². The van der Waals surface area contributed by atoms with Crippen molar-refractivity contribution >= 4 is 0 Å². The molecular weight excluding hydrogens is 212 g/mol. The number of likely N-dealkylation sites (N-methyl/N-ethyl adjacent to an activating group) is 1. The fourth-order valence-corrected chi connectivity index (χ4v) is 1.75. The molecule has 1 rings (SSSR count). The summed E-state index contributed by atoms with van der Waals surface area (Å²) in [5, 5.41) is 12.6. The number of benzene rings is 1. The van der Waals surface area contributed by atoms with E-state index in [0.29, 0.717) is 5.56 Å². The fraction of sp³-hybridized carbons (Fsp3) is 0.500. The molecule has 0 heterocycles. The van der Waals surface area contributed by atoms with Crippen molar-refractivity contribution in [1.29, 1.82) is 0 Å². The Kier molecular flexibility index (Phi) is 3.99. The Bertz CT molecular complexity index is 361. The van der Waals surface area contributed by atoms with E-state index in [1.165, 1.54) is 26.0 Å². The van der Waals surface area contributed by atoms with Crippen LogP contribution in [-0.4, -0.2) is 18.7 Å². The maximum atomic E-state index is 13.9. The first-order valence-electron chi connectivity index (χ1n) is 5.18. The van der Waals surface area contributed by atoms with Crippen molar-refractivity contribution in [2.75, 3.05) is 13.6 Å². The molecule has 1 unspecified atom stereocenters. The maximum Gasteiger partial charge on any atom is 0.133 e. The molecule has 0 radical (unpaired) electrons. The van der Waals surface area contributed by atoms with Crippen LogP contribution in [0, 0.1) is 5.82 Å². The molecule has 4 heteroatoms. The third-order valence-corrected chi connectivity index (χ3v) is 2.40. The van der Waals surface area contributed by atoms with E-state index in [9.17, 15) is 13.9 Å². The van der Waals surface area contributed by atoms with E-state index in [0.717, 1.165) is 0 Å². The summed E-state index contributed by atoms with van der Waals surface area (Å²) >= 11 is 0. The van der Waals surface area contributed by atoms with Crippen LogP contribution in [0.15, 0.2) is 18.2 Å². The smallest absolute Gasteiger partial charge is 0.133 e. The average Bonchev–Trinajstić information content (AvgIpc) is 2.15. The Morgan fingerprint density at radius 3 is 2.56 bits per heavy atom. The third-order valence-electron chi connectivity index (χ3n) is 2.40. The van der Waals surface area contributed by atoms with Crippen molar-refractivity contribution in [2.45, 2.75) is 25.6 Å². The zero-order valence-corrected chi connectivity index (χ0v) is 9.72. The first-order valence-corrected chi connectivity index (χ1v) is 5.18. The predicted octanol–water partition coefficient (Wildman–Crippen LogP) is 2.28. The molecule has 90 valence electrons. The second-order valence-electron chi connectivity index (χ2n) is 4.25. The lowest BCUT2D eigenvalue weighted by atomic mass is 9.91. The molecule has 1 atom stereocenters. The Morgan fingerprint density at radius 1 is 1.44 bits per heavy atom. The lowest BCUT2D eigenvalue weighted by Gasteiger charge is -2.22. The van der Waals surface area contributed by atoms with Gasteiger partial charge in [-0.1, -0.05) is 12.1 Å². The molecule has 2 N–H and O–H groups in total. The van der Waals surface area contributed by atoms with E-state index in [-0.39, 0.29) is 12.1 Å². The normalized spacial score (nSPS) is 13.9. The number of alkyl halides is 1. The molecule has 0 spiro atoms. The minimum atomic E-state index is -1.81. The Balaban J connectivity index is 3.23. The minimum Gasteiger partial charge on any atom is -0.387 e. The summed E-state index contributed by atoms with van der Waals surface area (Å²) in [5.74, 6) is -0.625. The zero-order valence-electron chi connectivity index (χ0n) is 9.72. The number of hydrogen-bond donors (Lipinski definition) is 2. The first-order chi connectivity index (χ1) is 7.38. The fourth-order valence-electron chi connectivity index (χ4n) is 1.75. The highest BCUT2D eigenvalue weighted by Gasteiger charge is 2.28. The number of aliphatic hydroxyl groups is 1. The van der Waals surface area contributed by atoms with Gasteiger partial charge in [0, 0.05) is 12.1 Å². The van der Waals surface area contributed by atoms with Gasteiger partial charge in [0.2, 0.25) is 0 Å². The monoisotopic (exact) mass is 229 g/mol. The largest absolute Gasteiger partial charge is 0.387 e. The van der Waals surface area contributed by atoms with Gasteiger partial charge >= 0.3 is 0 Å².